The van der Waals surface area contributed by atoms with E-state index in [2.05, 4.69) is 4.72 Å². The maximum atomic E-state index is 11.8. The van der Waals surface area contributed by atoms with E-state index in [1.54, 1.807) is 11.3 Å². The monoisotopic (exact) mass is 276 g/mol. The van der Waals surface area contributed by atoms with Crippen molar-refractivity contribution in [2.24, 2.45) is 5.73 Å². The van der Waals surface area contributed by atoms with Crippen molar-refractivity contribution >= 4 is 21.4 Å². The molecular weight excluding hydrogens is 256 g/mol. The Hall–Kier alpha value is -0.430. The van der Waals surface area contributed by atoms with Gasteiger partial charge in [0.1, 0.15) is 0 Å². The second-order valence-corrected chi connectivity index (χ2v) is 6.76. The fourth-order valence-electron chi connectivity index (χ4n) is 1.54. The average Bonchev–Trinajstić information content (AvgIpc) is 2.79. The summed E-state index contributed by atoms with van der Waals surface area (Å²) in [6.07, 6.45) is 2.13. The third-order valence-corrected chi connectivity index (χ3v) is 4.94. The van der Waals surface area contributed by atoms with Crippen LogP contribution in [-0.2, 0) is 10.0 Å². The van der Waals surface area contributed by atoms with Crippen molar-refractivity contribution < 1.29 is 8.42 Å². The van der Waals surface area contributed by atoms with Gasteiger partial charge in [-0.2, -0.15) is 0 Å². The van der Waals surface area contributed by atoms with Crippen LogP contribution in [0.1, 0.15) is 37.1 Å². The molecule has 0 aliphatic heterocycles. The number of hydrogen-bond donors (Lipinski definition) is 2. The van der Waals surface area contributed by atoms with Crippen LogP contribution in [0, 0.1) is 0 Å². The number of hydrogen-bond acceptors (Lipinski definition) is 4. The molecule has 0 aromatic carbocycles. The molecule has 0 spiro atoms. The van der Waals surface area contributed by atoms with E-state index >= 15 is 0 Å². The molecule has 0 bridgehead atoms. The number of nitrogens with two attached hydrogens (primary N) is 1. The molecule has 0 fully saturated rings. The van der Waals surface area contributed by atoms with Gasteiger partial charge in [0.15, 0.2) is 0 Å². The number of unbranched alkanes of at least 4 members (excludes halogenated alkanes) is 1. The minimum Gasteiger partial charge on any atom is -0.330 e. The van der Waals surface area contributed by atoms with E-state index < -0.39 is 10.0 Å². The summed E-state index contributed by atoms with van der Waals surface area (Å²) in [5.41, 5.74) is 5.35. The molecule has 1 unspecified atom stereocenters. The van der Waals surface area contributed by atoms with Gasteiger partial charge >= 0.3 is 0 Å². The molecule has 0 amide bonds. The van der Waals surface area contributed by atoms with Gasteiger partial charge in [-0.15, -0.1) is 11.3 Å². The van der Waals surface area contributed by atoms with Crippen molar-refractivity contribution in [1.82, 2.24) is 4.72 Å². The van der Waals surface area contributed by atoms with Crippen molar-refractivity contribution in [3.63, 3.8) is 0 Å². The fraction of sp³-hybridized carbons (Fsp3) is 0.636. The van der Waals surface area contributed by atoms with Crippen LogP contribution in [0.5, 0.6) is 0 Å². The van der Waals surface area contributed by atoms with E-state index in [1.807, 2.05) is 24.4 Å². The van der Waals surface area contributed by atoms with Gasteiger partial charge in [0.05, 0.1) is 11.8 Å². The zero-order valence-electron chi connectivity index (χ0n) is 10.1. The maximum Gasteiger partial charge on any atom is 0.212 e. The highest BCUT2D eigenvalue weighted by Crippen LogP contribution is 2.22. The summed E-state index contributed by atoms with van der Waals surface area (Å²) in [6.45, 7) is 2.52. The summed E-state index contributed by atoms with van der Waals surface area (Å²) in [6, 6.07) is 3.80. The first-order valence-corrected chi connectivity index (χ1v) is 8.35. The van der Waals surface area contributed by atoms with Gasteiger partial charge in [-0.3, -0.25) is 0 Å². The largest absolute Gasteiger partial charge is 0.330 e. The predicted octanol–water partition coefficient (Wildman–Crippen LogP) is 1.86. The molecule has 17 heavy (non-hydrogen) atoms. The molecule has 0 saturated heterocycles. The molecular formula is C11H20N2O2S2. The molecule has 0 aliphatic rings. The highest BCUT2D eigenvalue weighted by atomic mass is 32.2. The Morgan fingerprint density at radius 1 is 1.47 bits per heavy atom. The lowest BCUT2D eigenvalue weighted by atomic mass is 10.2. The molecule has 0 saturated carbocycles. The lowest BCUT2D eigenvalue weighted by molar-refractivity contribution is 0.550. The molecule has 6 heteroatoms. The van der Waals surface area contributed by atoms with Crippen LogP contribution in [0.3, 0.4) is 0 Å². The van der Waals surface area contributed by atoms with E-state index in [-0.39, 0.29) is 11.8 Å². The Balaban J connectivity index is 2.56. The van der Waals surface area contributed by atoms with Crippen LogP contribution in [0.4, 0.5) is 0 Å². The van der Waals surface area contributed by atoms with Gasteiger partial charge in [-0.1, -0.05) is 13.0 Å². The summed E-state index contributed by atoms with van der Waals surface area (Å²) in [5, 5.41) is 1.96. The van der Waals surface area contributed by atoms with E-state index in [4.69, 9.17) is 5.73 Å². The summed E-state index contributed by atoms with van der Waals surface area (Å²) >= 11 is 1.58. The molecule has 1 aromatic rings. The lowest BCUT2D eigenvalue weighted by Crippen LogP contribution is -2.30. The maximum absolute atomic E-state index is 11.8. The molecule has 1 rings (SSSR count). The van der Waals surface area contributed by atoms with Crippen LogP contribution in [0.2, 0.25) is 0 Å². The molecule has 4 nitrogen and oxygen atoms in total. The van der Waals surface area contributed by atoms with Crippen molar-refractivity contribution in [2.45, 2.75) is 32.2 Å². The number of nitrogens with one attached hydrogen (secondary N) is 1. The Bertz CT molecular complexity index is 401. The van der Waals surface area contributed by atoms with Crippen LogP contribution in [-0.4, -0.2) is 20.7 Å². The fourth-order valence-corrected chi connectivity index (χ4v) is 3.91. The molecule has 3 N–H and O–H groups in total. The number of thiophene rings is 1. The van der Waals surface area contributed by atoms with Crippen molar-refractivity contribution in [1.29, 1.82) is 0 Å². The zero-order chi connectivity index (χ0) is 12.7. The van der Waals surface area contributed by atoms with Gasteiger partial charge in [0.25, 0.3) is 0 Å². The Labute approximate surface area is 107 Å². The average molecular weight is 276 g/mol. The van der Waals surface area contributed by atoms with Crippen molar-refractivity contribution in [3.05, 3.63) is 22.4 Å². The van der Waals surface area contributed by atoms with Crippen LogP contribution < -0.4 is 10.5 Å². The second-order valence-electron chi connectivity index (χ2n) is 3.91. The summed E-state index contributed by atoms with van der Waals surface area (Å²) in [5.74, 6) is 0.159. The quantitative estimate of drug-likeness (QED) is 0.712. The first-order valence-electron chi connectivity index (χ1n) is 5.82. The van der Waals surface area contributed by atoms with Gasteiger partial charge in [0, 0.05) is 4.88 Å². The highest BCUT2D eigenvalue weighted by Gasteiger charge is 2.18. The number of rotatable bonds is 8. The summed E-state index contributed by atoms with van der Waals surface area (Å²) in [7, 11) is -3.19. The van der Waals surface area contributed by atoms with Gasteiger partial charge < -0.3 is 5.73 Å². The van der Waals surface area contributed by atoms with E-state index in [1.165, 1.54) is 0 Å². The molecule has 0 radical (unpaired) electrons. The topological polar surface area (TPSA) is 72.2 Å². The third-order valence-electron chi connectivity index (χ3n) is 2.48. The molecule has 98 valence electrons. The Morgan fingerprint density at radius 3 is 2.76 bits per heavy atom. The molecule has 1 heterocycles. The van der Waals surface area contributed by atoms with Gasteiger partial charge in [0.2, 0.25) is 10.0 Å². The van der Waals surface area contributed by atoms with Gasteiger partial charge in [-0.05, 0) is 37.3 Å². The molecule has 1 atom stereocenters. The zero-order valence-corrected chi connectivity index (χ0v) is 11.7. The summed E-state index contributed by atoms with van der Waals surface area (Å²) in [4.78, 5) is 1.06. The minimum atomic E-state index is -3.19. The smallest absolute Gasteiger partial charge is 0.212 e. The van der Waals surface area contributed by atoms with Gasteiger partial charge in [-0.25, -0.2) is 13.1 Å². The van der Waals surface area contributed by atoms with E-state index in [0.717, 1.165) is 17.7 Å². The number of sulfonamides is 1. The van der Waals surface area contributed by atoms with Crippen LogP contribution in [0.25, 0.3) is 0 Å². The summed E-state index contributed by atoms with van der Waals surface area (Å²) < 4.78 is 26.4. The second kappa shape index (κ2) is 7.10. The lowest BCUT2D eigenvalue weighted by Gasteiger charge is -2.15. The highest BCUT2D eigenvalue weighted by molar-refractivity contribution is 7.89. The van der Waals surface area contributed by atoms with Crippen LogP contribution >= 0.6 is 11.3 Å². The Morgan fingerprint density at radius 2 is 2.24 bits per heavy atom. The standard InChI is InChI=1S/C11H20N2O2S2/c1-2-10(11-6-5-8-16-11)13-17(14,15)9-4-3-7-12/h5-6,8,10,13H,2-4,7,9,12H2,1H3. The normalized spacial score (nSPS) is 13.8. The SMILES string of the molecule is CCC(NS(=O)(=O)CCCCN)c1cccs1. The van der Waals surface area contributed by atoms with Crippen molar-refractivity contribution in [3.8, 4) is 0 Å². The molecule has 0 aliphatic carbocycles. The Kier molecular flexibility index (Phi) is 6.11. The van der Waals surface area contributed by atoms with E-state index in [9.17, 15) is 8.42 Å². The molecule has 1 aromatic heterocycles. The first-order chi connectivity index (χ1) is 8.09. The van der Waals surface area contributed by atoms with Crippen LogP contribution in [0.15, 0.2) is 17.5 Å². The minimum absolute atomic E-state index is 0.0992. The van der Waals surface area contributed by atoms with E-state index in [0.29, 0.717) is 13.0 Å². The predicted molar refractivity (Wildman–Crippen MR) is 72.6 cm³/mol. The van der Waals surface area contributed by atoms with Crippen molar-refractivity contribution in [2.75, 3.05) is 12.3 Å². The third kappa shape index (κ3) is 5.16. The first kappa shape index (κ1) is 14.6.